The van der Waals surface area contributed by atoms with Gasteiger partial charge in [-0.1, -0.05) is 46.3 Å². The molecule has 0 aliphatic carbocycles. The number of thioether (sulfide) groups is 1. The third-order valence-electron chi connectivity index (χ3n) is 4.31. The lowest BCUT2D eigenvalue weighted by Crippen LogP contribution is -2.49. The second-order valence-electron chi connectivity index (χ2n) is 7.07. The van der Waals surface area contributed by atoms with Crippen LogP contribution in [0.3, 0.4) is 0 Å². The molecule has 2 rings (SSSR count). The molecule has 0 spiro atoms. The normalized spacial score (nSPS) is 11.9. The molecule has 0 saturated heterocycles. The first-order valence-corrected chi connectivity index (χ1v) is 11.4. The van der Waals surface area contributed by atoms with Crippen LogP contribution < -0.4 is 5.32 Å². The van der Waals surface area contributed by atoms with Gasteiger partial charge in [-0.3, -0.25) is 9.59 Å². The fourth-order valence-electron chi connectivity index (χ4n) is 2.72. The van der Waals surface area contributed by atoms with Crippen molar-refractivity contribution in [3.63, 3.8) is 0 Å². The van der Waals surface area contributed by atoms with Crippen LogP contribution in [0.25, 0.3) is 0 Å². The predicted octanol–water partition coefficient (Wildman–Crippen LogP) is 4.76. The van der Waals surface area contributed by atoms with Gasteiger partial charge in [0.25, 0.3) is 0 Å². The minimum absolute atomic E-state index is 0.00925. The largest absolute Gasteiger partial charge is 0.352 e. The van der Waals surface area contributed by atoms with Gasteiger partial charge in [-0.25, -0.2) is 4.39 Å². The first-order valence-electron chi connectivity index (χ1n) is 9.43. The number of hydrogen-bond acceptors (Lipinski definition) is 3. The van der Waals surface area contributed by atoms with Crippen molar-refractivity contribution < 1.29 is 14.0 Å². The van der Waals surface area contributed by atoms with Crippen LogP contribution in [-0.4, -0.2) is 34.6 Å². The molecule has 2 aromatic carbocycles. The van der Waals surface area contributed by atoms with Crippen molar-refractivity contribution in [1.82, 2.24) is 10.2 Å². The maximum absolute atomic E-state index is 13.8. The van der Waals surface area contributed by atoms with E-state index < -0.39 is 6.04 Å². The average molecular weight is 481 g/mol. The van der Waals surface area contributed by atoms with Crippen LogP contribution in [0.15, 0.2) is 53.0 Å². The summed E-state index contributed by atoms with van der Waals surface area (Å²) >= 11 is 4.75. The van der Waals surface area contributed by atoms with E-state index in [2.05, 4.69) is 21.2 Å². The Bertz CT molecular complexity index is 830. The van der Waals surface area contributed by atoms with Crippen molar-refractivity contribution in [2.24, 2.45) is 0 Å². The van der Waals surface area contributed by atoms with Crippen LogP contribution in [0.1, 0.15) is 31.9 Å². The lowest BCUT2D eigenvalue weighted by atomic mass is 10.1. The van der Waals surface area contributed by atoms with E-state index in [-0.39, 0.29) is 29.4 Å². The smallest absolute Gasteiger partial charge is 0.242 e. The number of nitrogens with zero attached hydrogens (tertiary/aromatic N) is 1. The molecule has 0 aromatic heterocycles. The Balaban J connectivity index is 2.07. The fourth-order valence-corrected chi connectivity index (χ4v) is 3.88. The minimum atomic E-state index is -0.609. The zero-order valence-corrected chi connectivity index (χ0v) is 19.2. The van der Waals surface area contributed by atoms with Crippen molar-refractivity contribution >= 4 is 39.5 Å². The minimum Gasteiger partial charge on any atom is -0.352 e. The molecule has 2 aromatic rings. The van der Waals surface area contributed by atoms with Crippen molar-refractivity contribution in [3.05, 3.63) is 69.9 Å². The third-order valence-corrected chi connectivity index (χ3v) is 5.80. The van der Waals surface area contributed by atoms with Gasteiger partial charge in [-0.05, 0) is 50.1 Å². The summed E-state index contributed by atoms with van der Waals surface area (Å²) < 4.78 is 14.7. The molecule has 0 bridgehead atoms. The van der Waals surface area contributed by atoms with E-state index in [1.807, 2.05) is 38.1 Å². The Kier molecular flexibility index (Phi) is 9.17. The summed E-state index contributed by atoms with van der Waals surface area (Å²) in [6, 6.07) is 13.6. The van der Waals surface area contributed by atoms with Gasteiger partial charge in [0, 0.05) is 22.8 Å². The summed E-state index contributed by atoms with van der Waals surface area (Å²) in [5.74, 6) is -0.0459. The summed E-state index contributed by atoms with van der Waals surface area (Å²) in [5.41, 5.74) is 1.50. The van der Waals surface area contributed by atoms with E-state index in [0.717, 1.165) is 10.0 Å². The summed E-state index contributed by atoms with van der Waals surface area (Å²) in [6.07, 6.45) is 0. The molecule has 0 unspecified atom stereocenters. The fraction of sp³-hybridized carbons (Fsp3) is 0.364. The molecule has 1 N–H and O–H groups in total. The topological polar surface area (TPSA) is 49.4 Å². The molecule has 0 fully saturated rings. The highest BCUT2D eigenvalue weighted by Gasteiger charge is 2.26. The lowest BCUT2D eigenvalue weighted by molar-refractivity contribution is -0.138. The van der Waals surface area contributed by atoms with Crippen molar-refractivity contribution in [3.8, 4) is 0 Å². The van der Waals surface area contributed by atoms with E-state index in [9.17, 15) is 14.0 Å². The van der Waals surface area contributed by atoms with E-state index in [1.165, 1.54) is 17.8 Å². The van der Waals surface area contributed by atoms with Crippen molar-refractivity contribution in [2.75, 3.05) is 5.75 Å². The lowest BCUT2D eigenvalue weighted by Gasteiger charge is -2.29. The predicted molar refractivity (Wildman–Crippen MR) is 120 cm³/mol. The van der Waals surface area contributed by atoms with Crippen LogP contribution >= 0.6 is 27.7 Å². The van der Waals surface area contributed by atoms with Crippen LogP contribution in [0, 0.1) is 5.82 Å². The number of nitrogens with one attached hydrogen (secondary N) is 1. The van der Waals surface area contributed by atoms with Gasteiger partial charge in [0.05, 0.1) is 5.75 Å². The molecule has 0 heterocycles. The summed E-state index contributed by atoms with van der Waals surface area (Å²) in [7, 11) is 0. The number of amides is 2. The molecule has 4 nitrogen and oxygen atoms in total. The van der Waals surface area contributed by atoms with Crippen molar-refractivity contribution in [2.45, 2.75) is 45.2 Å². The number of carbonyl (C=O) groups is 2. The molecule has 0 aliphatic heterocycles. The second kappa shape index (κ2) is 11.4. The zero-order valence-electron chi connectivity index (χ0n) is 16.8. The first kappa shape index (κ1) is 23.4. The van der Waals surface area contributed by atoms with Gasteiger partial charge in [0.1, 0.15) is 11.9 Å². The molecule has 2 amide bonds. The van der Waals surface area contributed by atoms with Gasteiger partial charge in [-0.2, -0.15) is 0 Å². The monoisotopic (exact) mass is 480 g/mol. The molecule has 156 valence electrons. The quantitative estimate of drug-likeness (QED) is 0.562. The van der Waals surface area contributed by atoms with E-state index in [4.69, 9.17) is 0 Å². The molecule has 29 heavy (non-hydrogen) atoms. The Labute approximate surface area is 184 Å². The standard InChI is InChI=1S/C22H26BrFN2O2S/c1-15(2)25-22(28)16(3)26(12-17-8-10-19(23)11-9-17)21(27)14-29-13-18-6-4-5-7-20(18)24/h4-11,15-16H,12-14H2,1-3H3,(H,25,28)/t16-/m1/s1. The highest BCUT2D eigenvalue weighted by molar-refractivity contribution is 9.10. The number of rotatable bonds is 9. The summed E-state index contributed by atoms with van der Waals surface area (Å²) in [5, 5.41) is 2.87. The first-order chi connectivity index (χ1) is 13.8. The Morgan fingerprint density at radius 1 is 1.10 bits per heavy atom. The maximum atomic E-state index is 13.8. The SMILES string of the molecule is CC(C)NC(=O)[C@@H](C)N(Cc1ccc(Br)cc1)C(=O)CSCc1ccccc1F. The number of halogens is 2. The van der Waals surface area contributed by atoms with Gasteiger partial charge < -0.3 is 10.2 Å². The van der Waals surface area contributed by atoms with Crippen LogP contribution in [0.2, 0.25) is 0 Å². The van der Waals surface area contributed by atoms with Crippen molar-refractivity contribution in [1.29, 1.82) is 0 Å². The number of benzene rings is 2. The molecule has 7 heteroatoms. The van der Waals surface area contributed by atoms with E-state index >= 15 is 0 Å². The summed E-state index contributed by atoms with van der Waals surface area (Å²) in [4.78, 5) is 27.0. The Hall–Kier alpha value is -1.86. The molecular weight excluding hydrogens is 455 g/mol. The zero-order chi connectivity index (χ0) is 21.4. The highest BCUT2D eigenvalue weighted by atomic mass is 79.9. The van der Waals surface area contributed by atoms with Crippen LogP contribution in [0.4, 0.5) is 4.39 Å². The molecular formula is C22H26BrFN2O2S. The Morgan fingerprint density at radius 3 is 2.38 bits per heavy atom. The molecule has 0 radical (unpaired) electrons. The number of hydrogen-bond donors (Lipinski definition) is 1. The summed E-state index contributed by atoms with van der Waals surface area (Å²) in [6.45, 7) is 5.83. The number of carbonyl (C=O) groups excluding carboxylic acids is 2. The maximum Gasteiger partial charge on any atom is 0.242 e. The van der Waals surface area contributed by atoms with Gasteiger partial charge >= 0.3 is 0 Å². The van der Waals surface area contributed by atoms with E-state index in [1.54, 1.807) is 30.0 Å². The van der Waals surface area contributed by atoms with Crippen LogP contribution in [-0.2, 0) is 21.9 Å². The van der Waals surface area contributed by atoms with Crippen LogP contribution in [0.5, 0.6) is 0 Å². The molecule has 0 saturated carbocycles. The highest BCUT2D eigenvalue weighted by Crippen LogP contribution is 2.18. The average Bonchev–Trinajstić information content (AvgIpc) is 2.68. The molecule has 1 atom stereocenters. The Morgan fingerprint density at radius 2 is 1.76 bits per heavy atom. The van der Waals surface area contributed by atoms with E-state index in [0.29, 0.717) is 17.9 Å². The van der Waals surface area contributed by atoms with Gasteiger partial charge in [-0.15, -0.1) is 11.8 Å². The van der Waals surface area contributed by atoms with Gasteiger partial charge in [0.15, 0.2) is 0 Å². The third kappa shape index (κ3) is 7.48. The molecule has 0 aliphatic rings. The second-order valence-corrected chi connectivity index (χ2v) is 8.97. The van der Waals surface area contributed by atoms with Gasteiger partial charge in [0.2, 0.25) is 11.8 Å².